The lowest BCUT2D eigenvalue weighted by atomic mass is 10.1. The summed E-state index contributed by atoms with van der Waals surface area (Å²) in [5.41, 5.74) is 1.76. The van der Waals surface area contributed by atoms with Crippen LogP contribution in [0.1, 0.15) is 54.9 Å². The van der Waals surface area contributed by atoms with Crippen molar-refractivity contribution >= 4 is 41.8 Å². The molecule has 1 heterocycles. The van der Waals surface area contributed by atoms with Gasteiger partial charge in [0.15, 0.2) is 5.96 Å². The van der Waals surface area contributed by atoms with Crippen LogP contribution in [0.4, 0.5) is 0 Å². The van der Waals surface area contributed by atoms with E-state index < -0.39 is 0 Å². The summed E-state index contributed by atoms with van der Waals surface area (Å²) in [5.74, 6) is 1.30. The zero-order chi connectivity index (χ0) is 21.3. The van der Waals surface area contributed by atoms with Gasteiger partial charge in [0.1, 0.15) is 0 Å². The van der Waals surface area contributed by atoms with E-state index in [9.17, 15) is 9.59 Å². The second kappa shape index (κ2) is 12.9. The molecule has 1 aromatic carbocycles. The van der Waals surface area contributed by atoms with E-state index >= 15 is 0 Å². The van der Waals surface area contributed by atoms with E-state index in [0.29, 0.717) is 18.0 Å². The van der Waals surface area contributed by atoms with Crippen molar-refractivity contribution in [3.63, 3.8) is 0 Å². The van der Waals surface area contributed by atoms with Crippen LogP contribution in [0.25, 0.3) is 0 Å². The molecule has 0 spiro atoms. The minimum Gasteiger partial charge on any atom is -0.357 e. The van der Waals surface area contributed by atoms with Crippen molar-refractivity contribution < 1.29 is 9.59 Å². The molecule has 0 aromatic heterocycles. The van der Waals surface area contributed by atoms with Crippen LogP contribution in [0.2, 0.25) is 0 Å². The third-order valence-electron chi connectivity index (χ3n) is 5.98. The van der Waals surface area contributed by atoms with Crippen LogP contribution in [0.15, 0.2) is 29.3 Å². The molecule has 172 valence electrons. The van der Waals surface area contributed by atoms with Crippen LogP contribution < -0.4 is 16.0 Å². The SMILES string of the molecule is CCNC(=NCCc1cccc(C(=O)NC)c1)NC1CCN(C(=O)C2CCCC2)C1.I. The van der Waals surface area contributed by atoms with E-state index in [2.05, 4.69) is 22.9 Å². The normalized spacial score (nSPS) is 19.1. The van der Waals surface area contributed by atoms with E-state index in [1.807, 2.05) is 29.2 Å². The maximum absolute atomic E-state index is 12.7. The molecule has 1 unspecified atom stereocenters. The first-order chi connectivity index (χ1) is 14.6. The number of carbonyl (C=O) groups excluding carboxylic acids is 2. The van der Waals surface area contributed by atoms with Crippen molar-refractivity contribution in [1.29, 1.82) is 0 Å². The average molecular weight is 541 g/mol. The Bertz CT molecular complexity index is 764. The predicted octanol–water partition coefficient (Wildman–Crippen LogP) is 2.55. The van der Waals surface area contributed by atoms with Gasteiger partial charge >= 0.3 is 0 Å². The molecule has 2 fully saturated rings. The highest BCUT2D eigenvalue weighted by atomic mass is 127. The number of benzene rings is 1. The summed E-state index contributed by atoms with van der Waals surface area (Å²) < 4.78 is 0. The number of amides is 2. The fourth-order valence-corrected chi connectivity index (χ4v) is 4.33. The Morgan fingerprint density at radius 1 is 1.19 bits per heavy atom. The van der Waals surface area contributed by atoms with E-state index in [1.54, 1.807) is 7.05 Å². The molecule has 2 amide bonds. The van der Waals surface area contributed by atoms with Crippen molar-refractivity contribution in [2.24, 2.45) is 10.9 Å². The topological polar surface area (TPSA) is 85.8 Å². The molecule has 7 nitrogen and oxygen atoms in total. The van der Waals surface area contributed by atoms with Gasteiger partial charge in [0, 0.05) is 50.7 Å². The molecule has 0 radical (unpaired) electrons. The predicted molar refractivity (Wildman–Crippen MR) is 135 cm³/mol. The van der Waals surface area contributed by atoms with Gasteiger partial charge in [-0.1, -0.05) is 25.0 Å². The summed E-state index contributed by atoms with van der Waals surface area (Å²) in [6, 6.07) is 7.89. The number of nitrogens with zero attached hydrogens (tertiary/aromatic N) is 2. The Hall–Kier alpha value is -1.84. The monoisotopic (exact) mass is 541 g/mol. The number of carbonyl (C=O) groups is 2. The van der Waals surface area contributed by atoms with Crippen molar-refractivity contribution in [3.05, 3.63) is 35.4 Å². The number of likely N-dealkylation sites (tertiary alicyclic amines) is 1. The molecule has 0 bridgehead atoms. The van der Waals surface area contributed by atoms with Gasteiger partial charge in [-0.2, -0.15) is 0 Å². The molecule has 1 aromatic rings. The maximum Gasteiger partial charge on any atom is 0.251 e. The second-order valence-corrected chi connectivity index (χ2v) is 8.19. The largest absolute Gasteiger partial charge is 0.357 e. The first kappa shape index (κ1) is 25.4. The number of guanidine groups is 1. The maximum atomic E-state index is 12.7. The minimum atomic E-state index is -0.0757. The first-order valence-electron chi connectivity index (χ1n) is 11.3. The molecule has 1 saturated heterocycles. The molecule has 2 aliphatic rings. The second-order valence-electron chi connectivity index (χ2n) is 8.19. The van der Waals surface area contributed by atoms with Gasteiger partial charge in [-0.25, -0.2) is 0 Å². The molecule has 1 aliphatic carbocycles. The minimum absolute atomic E-state index is 0. The smallest absolute Gasteiger partial charge is 0.251 e. The zero-order valence-electron chi connectivity index (χ0n) is 18.7. The average Bonchev–Trinajstić information content (AvgIpc) is 3.45. The molecule has 3 rings (SSSR count). The van der Waals surface area contributed by atoms with E-state index in [-0.39, 0.29) is 41.8 Å². The highest BCUT2D eigenvalue weighted by Gasteiger charge is 2.32. The Kier molecular flexibility index (Phi) is 10.6. The van der Waals surface area contributed by atoms with E-state index in [1.165, 1.54) is 12.8 Å². The van der Waals surface area contributed by atoms with E-state index in [0.717, 1.165) is 56.8 Å². The van der Waals surface area contributed by atoms with Crippen LogP contribution in [0.5, 0.6) is 0 Å². The standard InChI is InChI=1S/C23H35N5O2.HI/c1-3-25-23(26-13-11-17-7-6-10-19(15-17)21(29)24-2)27-20-12-14-28(16-20)22(30)18-8-4-5-9-18;/h6-7,10,15,18,20H,3-5,8-9,11-14,16H2,1-2H3,(H,24,29)(H2,25,26,27);1H. The Morgan fingerprint density at radius 3 is 2.68 bits per heavy atom. The Balaban J connectivity index is 0.00000341. The number of hydrogen-bond acceptors (Lipinski definition) is 3. The molecular weight excluding hydrogens is 505 g/mol. The van der Waals surface area contributed by atoms with Gasteiger partial charge in [0.05, 0.1) is 0 Å². The quantitative estimate of drug-likeness (QED) is 0.282. The number of rotatable bonds is 7. The molecule has 8 heteroatoms. The zero-order valence-corrected chi connectivity index (χ0v) is 21.0. The number of aliphatic imine (C=N–C) groups is 1. The summed E-state index contributed by atoms with van der Waals surface area (Å²) in [4.78, 5) is 31.2. The summed E-state index contributed by atoms with van der Waals surface area (Å²) in [5, 5.41) is 9.46. The number of halogens is 1. The van der Waals surface area contributed by atoms with Crippen molar-refractivity contribution in [2.45, 2.75) is 51.5 Å². The molecule has 3 N–H and O–H groups in total. The van der Waals surface area contributed by atoms with Crippen LogP contribution in [0.3, 0.4) is 0 Å². The third kappa shape index (κ3) is 7.36. The number of nitrogens with one attached hydrogen (secondary N) is 3. The van der Waals surface area contributed by atoms with Crippen molar-refractivity contribution in [1.82, 2.24) is 20.9 Å². The molecule has 31 heavy (non-hydrogen) atoms. The Morgan fingerprint density at radius 2 is 1.97 bits per heavy atom. The summed E-state index contributed by atoms with van der Waals surface area (Å²) >= 11 is 0. The highest BCUT2D eigenvalue weighted by molar-refractivity contribution is 14.0. The summed E-state index contributed by atoms with van der Waals surface area (Å²) in [6.45, 7) is 5.06. The third-order valence-corrected chi connectivity index (χ3v) is 5.98. The van der Waals surface area contributed by atoms with Gasteiger partial charge in [-0.3, -0.25) is 14.6 Å². The van der Waals surface area contributed by atoms with Crippen molar-refractivity contribution in [3.8, 4) is 0 Å². The van der Waals surface area contributed by atoms with Crippen LogP contribution in [0, 0.1) is 5.92 Å². The van der Waals surface area contributed by atoms with Gasteiger partial charge < -0.3 is 20.9 Å². The van der Waals surface area contributed by atoms with Gasteiger partial charge in [0.25, 0.3) is 5.91 Å². The number of hydrogen-bond donors (Lipinski definition) is 3. The van der Waals surface area contributed by atoms with E-state index in [4.69, 9.17) is 4.99 Å². The van der Waals surface area contributed by atoms with Gasteiger partial charge in [-0.15, -0.1) is 24.0 Å². The molecular formula is C23H36IN5O2. The fraction of sp³-hybridized carbons (Fsp3) is 0.609. The Labute approximate surface area is 202 Å². The molecule has 1 atom stereocenters. The van der Waals surface area contributed by atoms with Crippen LogP contribution in [-0.2, 0) is 11.2 Å². The summed E-state index contributed by atoms with van der Waals surface area (Å²) in [6.07, 6.45) is 6.21. The fourth-order valence-electron chi connectivity index (χ4n) is 4.33. The lowest BCUT2D eigenvalue weighted by Gasteiger charge is -2.21. The first-order valence-corrected chi connectivity index (χ1v) is 11.3. The lowest BCUT2D eigenvalue weighted by Crippen LogP contribution is -2.45. The van der Waals surface area contributed by atoms with Crippen LogP contribution in [-0.4, -0.2) is 61.9 Å². The van der Waals surface area contributed by atoms with Gasteiger partial charge in [0.2, 0.25) is 5.91 Å². The van der Waals surface area contributed by atoms with Gasteiger partial charge in [-0.05, 0) is 50.3 Å². The molecule has 1 aliphatic heterocycles. The lowest BCUT2D eigenvalue weighted by molar-refractivity contribution is -0.134. The van der Waals surface area contributed by atoms with Crippen molar-refractivity contribution in [2.75, 3.05) is 33.2 Å². The molecule has 1 saturated carbocycles. The van der Waals surface area contributed by atoms with Crippen LogP contribution >= 0.6 is 24.0 Å². The highest BCUT2D eigenvalue weighted by Crippen LogP contribution is 2.27. The summed E-state index contributed by atoms with van der Waals surface area (Å²) in [7, 11) is 1.64.